The van der Waals surface area contributed by atoms with Gasteiger partial charge in [-0.3, -0.25) is 9.59 Å². The lowest BCUT2D eigenvalue weighted by atomic mass is 9.91. The van der Waals surface area contributed by atoms with Gasteiger partial charge < -0.3 is 11.1 Å². The van der Waals surface area contributed by atoms with Crippen molar-refractivity contribution < 1.29 is 9.59 Å². The Kier molecular flexibility index (Phi) is 7.67. The average molecular weight is 470 g/mol. The summed E-state index contributed by atoms with van der Waals surface area (Å²) in [5, 5.41) is 3.39. The minimum Gasteiger partial charge on any atom is -0.398 e. The van der Waals surface area contributed by atoms with Crippen molar-refractivity contribution in [2.75, 3.05) is 17.2 Å². The number of imide groups is 1. The maximum atomic E-state index is 13.7. The number of benzene rings is 3. The molecule has 1 heterocycles. The molecule has 3 aromatic rings. The number of carbonyl (C=O) groups excluding carboxylic acids is 2. The minimum absolute atomic E-state index is 0.228. The molecule has 35 heavy (non-hydrogen) atoms. The summed E-state index contributed by atoms with van der Waals surface area (Å²) in [7, 11) is 0. The van der Waals surface area contributed by atoms with Crippen molar-refractivity contribution in [1.29, 1.82) is 0 Å². The van der Waals surface area contributed by atoms with E-state index in [0.29, 0.717) is 23.8 Å². The molecule has 2 unspecified atom stereocenters. The molecule has 5 nitrogen and oxygen atoms in total. The summed E-state index contributed by atoms with van der Waals surface area (Å²) in [6.07, 6.45) is 3.13. The number of nitrogen functional groups attached to an aromatic ring is 1. The predicted octanol–water partition coefficient (Wildman–Crippen LogP) is 5.86. The fourth-order valence-corrected chi connectivity index (χ4v) is 5.12. The quantitative estimate of drug-likeness (QED) is 0.405. The van der Waals surface area contributed by atoms with Gasteiger partial charge >= 0.3 is 0 Å². The van der Waals surface area contributed by atoms with Crippen LogP contribution in [0.2, 0.25) is 0 Å². The summed E-state index contributed by atoms with van der Waals surface area (Å²) in [5.41, 5.74) is 11.4. The van der Waals surface area contributed by atoms with Crippen molar-refractivity contribution >= 4 is 23.2 Å². The van der Waals surface area contributed by atoms with E-state index in [9.17, 15) is 9.59 Å². The molecule has 0 aliphatic carbocycles. The standard InChI is InChI=1S/C30H35N3O2/c1-4-11-22(23-12-6-5-7-13-23)18-19-32-21(3)30(35)33-27-17-10-16-26(31)28(27)25-15-9-8-14-24(25)20(2)29(33)34/h5-10,12-17,20-22,32H,4,11,18-19,31H2,1-3H3/t20?,21-,22?/m0/s1. The number of fused-ring (bicyclic) bond motifs is 3. The lowest BCUT2D eigenvalue weighted by Crippen LogP contribution is -2.49. The number of nitrogens with one attached hydrogen (secondary N) is 1. The number of carbonyl (C=O) groups is 2. The number of rotatable bonds is 8. The summed E-state index contributed by atoms with van der Waals surface area (Å²) in [5.74, 6) is -0.506. The third kappa shape index (κ3) is 5.01. The van der Waals surface area contributed by atoms with Crippen LogP contribution in [0.15, 0.2) is 72.8 Å². The Balaban J connectivity index is 1.56. The molecule has 0 fully saturated rings. The van der Waals surface area contributed by atoms with Crippen molar-refractivity contribution in [3.8, 4) is 11.1 Å². The predicted molar refractivity (Wildman–Crippen MR) is 143 cm³/mol. The maximum absolute atomic E-state index is 13.7. The molecule has 0 saturated carbocycles. The van der Waals surface area contributed by atoms with Crippen molar-refractivity contribution in [2.45, 2.75) is 57.9 Å². The average Bonchev–Trinajstić information content (AvgIpc) is 2.97. The molecule has 3 atom stereocenters. The molecular weight excluding hydrogens is 434 g/mol. The van der Waals surface area contributed by atoms with E-state index in [-0.39, 0.29) is 11.8 Å². The first-order chi connectivity index (χ1) is 16.9. The molecule has 0 aromatic heterocycles. The Morgan fingerprint density at radius 2 is 1.71 bits per heavy atom. The van der Waals surface area contributed by atoms with E-state index in [4.69, 9.17) is 5.73 Å². The van der Waals surface area contributed by atoms with Crippen LogP contribution in [0, 0.1) is 0 Å². The molecule has 0 bridgehead atoms. The van der Waals surface area contributed by atoms with Crippen LogP contribution in [0.5, 0.6) is 0 Å². The van der Waals surface area contributed by atoms with Gasteiger partial charge in [-0.25, -0.2) is 4.90 Å². The molecule has 0 spiro atoms. The Hall–Kier alpha value is -3.44. The van der Waals surface area contributed by atoms with E-state index in [1.54, 1.807) is 6.07 Å². The van der Waals surface area contributed by atoms with Crippen LogP contribution < -0.4 is 16.0 Å². The first kappa shape index (κ1) is 24.7. The number of nitrogens with two attached hydrogens (primary N) is 1. The van der Waals surface area contributed by atoms with Gasteiger partial charge in [-0.15, -0.1) is 0 Å². The van der Waals surface area contributed by atoms with E-state index >= 15 is 0 Å². The van der Waals surface area contributed by atoms with Gasteiger partial charge in [0.05, 0.1) is 17.6 Å². The molecular formula is C30H35N3O2. The van der Waals surface area contributed by atoms with Crippen LogP contribution >= 0.6 is 0 Å². The normalized spacial score (nSPS) is 16.7. The molecule has 4 rings (SSSR count). The Morgan fingerprint density at radius 3 is 2.46 bits per heavy atom. The lowest BCUT2D eigenvalue weighted by molar-refractivity contribution is -0.128. The Labute approximate surface area is 208 Å². The third-order valence-electron chi connectivity index (χ3n) is 7.05. The van der Waals surface area contributed by atoms with Gasteiger partial charge in [-0.2, -0.15) is 0 Å². The molecule has 3 aromatic carbocycles. The van der Waals surface area contributed by atoms with Crippen molar-refractivity contribution in [2.24, 2.45) is 0 Å². The second-order valence-corrected chi connectivity index (χ2v) is 9.42. The molecule has 0 saturated heterocycles. The zero-order valence-electron chi connectivity index (χ0n) is 20.8. The summed E-state index contributed by atoms with van der Waals surface area (Å²) in [6.45, 7) is 6.58. The highest BCUT2D eigenvalue weighted by molar-refractivity contribution is 6.22. The van der Waals surface area contributed by atoms with Crippen LogP contribution in [0.4, 0.5) is 11.4 Å². The highest BCUT2D eigenvalue weighted by atomic mass is 16.2. The summed E-state index contributed by atoms with van der Waals surface area (Å²) in [4.78, 5) is 28.7. The lowest BCUT2D eigenvalue weighted by Gasteiger charge is -2.27. The van der Waals surface area contributed by atoms with Gasteiger partial charge in [0.15, 0.2) is 0 Å². The number of anilines is 2. The zero-order chi connectivity index (χ0) is 24.9. The van der Waals surface area contributed by atoms with Crippen molar-refractivity contribution in [1.82, 2.24) is 5.32 Å². The monoisotopic (exact) mass is 469 g/mol. The topological polar surface area (TPSA) is 75.4 Å². The van der Waals surface area contributed by atoms with E-state index in [2.05, 4.69) is 36.5 Å². The zero-order valence-corrected chi connectivity index (χ0v) is 20.8. The van der Waals surface area contributed by atoms with E-state index in [0.717, 1.165) is 36.0 Å². The SMILES string of the molecule is CCCC(CCN[C@@H](C)C(=O)N1C(=O)C(C)c2ccccc2-c2c(N)cccc21)c1ccccc1. The minimum atomic E-state index is -0.514. The van der Waals surface area contributed by atoms with Crippen molar-refractivity contribution in [3.63, 3.8) is 0 Å². The van der Waals surface area contributed by atoms with E-state index in [1.165, 1.54) is 10.5 Å². The molecule has 182 valence electrons. The Morgan fingerprint density at radius 1 is 1.00 bits per heavy atom. The van der Waals surface area contributed by atoms with Gasteiger partial charge in [0.25, 0.3) is 5.91 Å². The van der Waals surface area contributed by atoms with Crippen LogP contribution in [-0.4, -0.2) is 24.4 Å². The summed E-state index contributed by atoms with van der Waals surface area (Å²) >= 11 is 0. The van der Waals surface area contributed by atoms with Gasteiger partial charge in [0, 0.05) is 11.3 Å². The van der Waals surface area contributed by atoms with E-state index in [1.807, 2.05) is 56.3 Å². The van der Waals surface area contributed by atoms with E-state index < -0.39 is 12.0 Å². The van der Waals surface area contributed by atoms with Crippen LogP contribution in [0.25, 0.3) is 11.1 Å². The van der Waals surface area contributed by atoms with Crippen LogP contribution in [-0.2, 0) is 9.59 Å². The highest BCUT2D eigenvalue weighted by Crippen LogP contribution is 2.44. The smallest absolute Gasteiger partial charge is 0.250 e. The summed E-state index contributed by atoms with van der Waals surface area (Å²) < 4.78 is 0. The van der Waals surface area contributed by atoms with Gasteiger partial charge in [-0.05, 0) is 68.0 Å². The van der Waals surface area contributed by atoms with Gasteiger partial charge in [-0.1, -0.05) is 74.0 Å². The highest BCUT2D eigenvalue weighted by Gasteiger charge is 2.37. The number of amides is 2. The largest absolute Gasteiger partial charge is 0.398 e. The van der Waals surface area contributed by atoms with Gasteiger partial charge in [0.2, 0.25) is 5.91 Å². The fraction of sp³-hybridized carbons (Fsp3) is 0.333. The maximum Gasteiger partial charge on any atom is 0.250 e. The molecule has 1 aliphatic heterocycles. The molecule has 5 heteroatoms. The number of hydrogen-bond donors (Lipinski definition) is 2. The molecule has 3 N–H and O–H groups in total. The summed E-state index contributed by atoms with van der Waals surface area (Å²) in [6, 6.07) is 23.2. The van der Waals surface area contributed by atoms with Crippen LogP contribution in [0.1, 0.15) is 63.0 Å². The Bertz CT molecular complexity index is 1190. The number of nitrogens with zero attached hydrogens (tertiary/aromatic N) is 1. The first-order valence-electron chi connectivity index (χ1n) is 12.6. The first-order valence-corrected chi connectivity index (χ1v) is 12.6. The second-order valence-electron chi connectivity index (χ2n) is 9.42. The molecule has 2 amide bonds. The number of hydrogen-bond acceptors (Lipinski definition) is 4. The van der Waals surface area contributed by atoms with Crippen LogP contribution in [0.3, 0.4) is 0 Å². The molecule has 0 radical (unpaired) electrons. The second kappa shape index (κ2) is 10.9. The fourth-order valence-electron chi connectivity index (χ4n) is 5.12. The third-order valence-corrected chi connectivity index (χ3v) is 7.05. The van der Waals surface area contributed by atoms with Gasteiger partial charge in [0.1, 0.15) is 0 Å². The van der Waals surface area contributed by atoms with Crippen molar-refractivity contribution in [3.05, 3.63) is 83.9 Å². The molecule has 1 aliphatic rings.